The zero-order valence-corrected chi connectivity index (χ0v) is 11.1. The van der Waals surface area contributed by atoms with Crippen LogP contribution in [-0.4, -0.2) is 17.3 Å². The third-order valence-corrected chi connectivity index (χ3v) is 3.08. The SMILES string of the molecule is COc1ccc(-c2cc(CS)c(=O)[nH]n2)cc1C. The van der Waals surface area contributed by atoms with Crippen LogP contribution in [0.4, 0.5) is 0 Å². The maximum Gasteiger partial charge on any atom is 0.268 e. The van der Waals surface area contributed by atoms with E-state index in [1.807, 2.05) is 25.1 Å². The number of methoxy groups -OCH3 is 1. The number of benzene rings is 1. The molecule has 2 aromatic rings. The summed E-state index contributed by atoms with van der Waals surface area (Å²) < 4.78 is 5.21. The molecule has 18 heavy (non-hydrogen) atoms. The van der Waals surface area contributed by atoms with E-state index in [-0.39, 0.29) is 5.56 Å². The summed E-state index contributed by atoms with van der Waals surface area (Å²) in [6, 6.07) is 7.53. The van der Waals surface area contributed by atoms with Gasteiger partial charge in [-0.1, -0.05) is 0 Å². The number of aromatic amines is 1. The molecule has 1 heterocycles. The maximum atomic E-state index is 11.4. The van der Waals surface area contributed by atoms with Crippen molar-refractivity contribution in [3.63, 3.8) is 0 Å². The average Bonchev–Trinajstić information content (AvgIpc) is 2.39. The molecule has 0 saturated heterocycles. The largest absolute Gasteiger partial charge is 0.496 e. The molecule has 0 fully saturated rings. The summed E-state index contributed by atoms with van der Waals surface area (Å²) in [7, 11) is 1.64. The van der Waals surface area contributed by atoms with Crippen molar-refractivity contribution in [3.8, 4) is 17.0 Å². The molecule has 0 spiro atoms. The van der Waals surface area contributed by atoms with Crippen LogP contribution < -0.4 is 10.3 Å². The van der Waals surface area contributed by atoms with E-state index in [4.69, 9.17) is 4.74 Å². The molecular formula is C13H14N2O2S. The second kappa shape index (κ2) is 5.27. The fraction of sp³-hybridized carbons (Fsp3) is 0.231. The molecule has 0 bridgehead atoms. The number of hydrogen-bond acceptors (Lipinski definition) is 4. The second-order valence-corrected chi connectivity index (χ2v) is 4.27. The van der Waals surface area contributed by atoms with Crippen LogP contribution in [0, 0.1) is 6.92 Å². The summed E-state index contributed by atoms with van der Waals surface area (Å²) in [5.41, 5.74) is 3.10. The minimum absolute atomic E-state index is 0.195. The van der Waals surface area contributed by atoms with Crippen molar-refractivity contribution in [1.82, 2.24) is 10.2 Å². The first-order valence-electron chi connectivity index (χ1n) is 5.50. The van der Waals surface area contributed by atoms with E-state index in [2.05, 4.69) is 22.8 Å². The topological polar surface area (TPSA) is 55.0 Å². The number of nitrogens with one attached hydrogen (secondary N) is 1. The van der Waals surface area contributed by atoms with Crippen LogP contribution in [0.1, 0.15) is 11.1 Å². The number of ether oxygens (including phenoxy) is 1. The van der Waals surface area contributed by atoms with Crippen LogP contribution in [0.5, 0.6) is 5.75 Å². The van der Waals surface area contributed by atoms with Crippen LogP contribution in [0.25, 0.3) is 11.3 Å². The standard InChI is InChI=1S/C13H14N2O2S/c1-8-5-9(3-4-12(8)17-2)11-6-10(7-18)13(16)15-14-11/h3-6,18H,7H2,1-2H3,(H,15,16). The molecule has 4 nitrogen and oxygen atoms in total. The van der Waals surface area contributed by atoms with E-state index in [0.717, 1.165) is 22.6 Å². The summed E-state index contributed by atoms with van der Waals surface area (Å²) in [5, 5.41) is 6.52. The molecule has 94 valence electrons. The Morgan fingerprint density at radius 3 is 2.78 bits per heavy atom. The van der Waals surface area contributed by atoms with E-state index in [1.165, 1.54) is 0 Å². The quantitative estimate of drug-likeness (QED) is 0.834. The van der Waals surface area contributed by atoms with Gasteiger partial charge in [-0.15, -0.1) is 0 Å². The van der Waals surface area contributed by atoms with Gasteiger partial charge in [0.25, 0.3) is 5.56 Å². The van der Waals surface area contributed by atoms with E-state index in [0.29, 0.717) is 11.3 Å². The maximum absolute atomic E-state index is 11.4. The van der Waals surface area contributed by atoms with Gasteiger partial charge in [0, 0.05) is 16.9 Å². The molecule has 1 N–H and O–H groups in total. The lowest BCUT2D eigenvalue weighted by atomic mass is 10.1. The third-order valence-electron chi connectivity index (χ3n) is 2.74. The Morgan fingerprint density at radius 1 is 1.39 bits per heavy atom. The fourth-order valence-electron chi connectivity index (χ4n) is 1.75. The summed E-state index contributed by atoms with van der Waals surface area (Å²) >= 11 is 4.12. The first kappa shape index (κ1) is 12.7. The van der Waals surface area contributed by atoms with E-state index in [1.54, 1.807) is 13.2 Å². The molecule has 0 aliphatic heterocycles. The van der Waals surface area contributed by atoms with Crippen LogP contribution >= 0.6 is 12.6 Å². The van der Waals surface area contributed by atoms with Crippen molar-refractivity contribution in [2.24, 2.45) is 0 Å². The van der Waals surface area contributed by atoms with E-state index >= 15 is 0 Å². The Bertz CT molecular complexity index is 623. The number of aromatic nitrogens is 2. The van der Waals surface area contributed by atoms with Crippen molar-refractivity contribution in [2.45, 2.75) is 12.7 Å². The molecular weight excluding hydrogens is 248 g/mol. The summed E-state index contributed by atoms with van der Waals surface area (Å²) in [4.78, 5) is 11.4. The number of nitrogens with zero attached hydrogens (tertiary/aromatic N) is 1. The molecule has 2 rings (SSSR count). The minimum Gasteiger partial charge on any atom is -0.496 e. The molecule has 0 unspecified atom stereocenters. The Balaban J connectivity index is 2.48. The summed E-state index contributed by atoms with van der Waals surface area (Å²) in [5.74, 6) is 1.22. The zero-order chi connectivity index (χ0) is 13.1. The highest BCUT2D eigenvalue weighted by atomic mass is 32.1. The normalized spacial score (nSPS) is 10.4. The van der Waals surface area contributed by atoms with E-state index < -0.39 is 0 Å². The van der Waals surface area contributed by atoms with Crippen molar-refractivity contribution >= 4 is 12.6 Å². The van der Waals surface area contributed by atoms with Gasteiger partial charge in [0.1, 0.15) is 5.75 Å². The number of thiol groups is 1. The smallest absolute Gasteiger partial charge is 0.268 e. The predicted octanol–water partition coefficient (Wildman–Crippen LogP) is 2.18. The first-order chi connectivity index (χ1) is 8.65. The Morgan fingerprint density at radius 2 is 2.17 bits per heavy atom. The van der Waals surface area contributed by atoms with Gasteiger partial charge >= 0.3 is 0 Å². The van der Waals surface area contributed by atoms with Crippen LogP contribution in [0.3, 0.4) is 0 Å². The lowest BCUT2D eigenvalue weighted by Crippen LogP contribution is -2.13. The highest BCUT2D eigenvalue weighted by molar-refractivity contribution is 7.79. The van der Waals surface area contributed by atoms with Crippen molar-refractivity contribution < 1.29 is 4.74 Å². The third kappa shape index (κ3) is 2.41. The summed E-state index contributed by atoms with van der Waals surface area (Å²) in [6.45, 7) is 1.97. The predicted molar refractivity (Wildman–Crippen MR) is 74.3 cm³/mol. The van der Waals surface area contributed by atoms with Crippen LogP contribution in [0.2, 0.25) is 0 Å². The molecule has 1 aromatic heterocycles. The Hall–Kier alpha value is -1.75. The van der Waals surface area contributed by atoms with Gasteiger partial charge in [0.2, 0.25) is 0 Å². The van der Waals surface area contributed by atoms with Gasteiger partial charge in [0.15, 0.2) is 0 Å². The number of rotatable bonds is 3. The molecule has 0 amide bonds. The van der Waals surface area contributed by atoms with Gasteiger partial charge in [-0.3, -0.25) is 4.79 Å². The van der Waals surface area contributed by atoms with Gasteiger partial charge in [0.05, 0.1) is 12.8 Å². The van der Waals surface area contributed by atoms with E-state index in [9.17, 15) is 4.79 Å². The molecule has 0 radical (unpaired) electrons. The van der Waals surface area contributed by atoms with Gasteiger partial charge < -0.3 is 4.74 Å². The highest BCUT2D eigenvalue weighted by Crippen LogP contribution is 2.24. The molecule has 0 aliphatic carbocycles. The number of H-pyrrole nitrogens is 1. The molecule has 0 atom stereocenters. The minimum atomic E-state index is -0.195. The average molecular weight is 262 g/mol. The molecule has 1 aromatic carbocycles. The lowest BCUT2D eigenvalue weighted by Gasteiger charge is -2.07. The number of aryl methyl sites for hydroxylation is 1. The molecule has 0 saturated carbocycles. The van der Waals surface area contributed by atoms with Crippen molar-refractivity contribution in [1.29, 1.82) is 0 Å². The molecule has 5 heteroatoms. The first-order valence-corrected chi connectivity index (χ1v) is 6.13. The van der Waals surface area contributed by atoms with Crippen molar-refractivity contribution in [3.05, 3.63) is 45.7 Å². The monoisotopic (exact) mass is 262 g/mol. The zero-order valence-electron chi connectivity index (χ0n) is 10.2. The van der Waals surface area contributed by atoms with Crippen LogP contribution in [-0.2, 0) is 5.75 Å². The second-order valence-electron chi connectivity index (χ2n) is 3.95. The summed E-state index contributed by atoms with van der Waals surface area (Å²) in [6.07, 6.45) is 0. The Kier molecular flexibility index (Phi) is 3.72. The van der Waals surface area contributed by atoms with Gasteiger partial charge in [-0.05, 0) is 36.8 Å². The van der Waals surface area contributed by atoms with Gasteiger partial charge in [-0.2, -0.15) is 17.7 Å². The lowest BCUT2D eigenvalue weighted by molar-refractivity contribution is 0.412. The highest BCUT2D eigenvalue weighted by Gasteiger charge is 2.06. The number of hydrogen-bond donors (Lipinski definition) is 2. The molecule has 0 aliphatic rings. The Labute approximate surface area is 110 Å². The van der Waals surface area contributed by atoms with Gasteiger partial charge in [-0.25, -0.2) is 5.10 Å². The fourth-order valence-corrected chi connectivity index (χ4v) is 1.98. The van der Waals surface area contributed by atoms with Crippen molar-refractivity contribution in [2.75, 3.05) is 7.11 Å². The van der Waals surface area contributed by atoms with Crippen LogP contribution in [0.15, 0.2) is 29.1 Å².